The highest BCUT2D eigenvalue weighted by Crippen LogP contribution is 2.19. The minimum atomic E-state index is -0.525. The van der Waals surface area contributed by atoms with Crippen molar-refractivity contribution in [1.29, 1.82) is 0 Å². The Labute approximate surface area is 152 Å². The molecular weight excluding hydrogens is 386 g/mol. The monoisotopic (exact) mass is 399 g/mol. The highest BCUT2D eigenvalue weighted by molar-refractivity contribution is 9.10. The lowest BCUT2D eigenvalue weighted by Gasteiger charge is -2.10. The van der Waals surface area contributed by atoms with Crippen LogP contribution in [-0.4, -0.2) is 15.5 Å². The fourth-order valence-electron chi connectivity index (χ4n) is 2.21. The van der Waals surface area contributed by atoms with E-state index in [-0.39, 0.29) is 15.9 Å². The molecule has 0 atom stereocenters. The first-order valence-corrected chi connectivity index (χ1v) is 8.19. The van der Waals surface area contributed by atoms with E-state index < -0.39 is 5.91 Å². The topological polar surface area (TPSA) is 87.2 Å². The van der Waals surface area contributed by atoms with Crippen LogP contribution in [0.1, 0.15) is 15.9 Å². The molecule has 2 N–H and O–H groups in total. The molecule has 0 spiro atoms. The first-order chi connectivity index (χ1) is 12.1. The quantitative estimate of drug-likeness (QED) is 0.714. The molecule has 0 saturated heterocycles. The maximum absolute atomic E-state index is 12.5. The molecule has 0 bridgehead atoms. The third-order valence-electron chi connectivity index (χ3n) is 3.53. The number of nitrogens with zero attached hydrogens (tertiary/aromatic N) is 2. The second-order valence-electron chi connectivity index (χ2n) is 5.22. The Morgan fingerprint density at radius 3 is 2.44 bits per heavy atom. The molecule has 6 nitrogen and oxygen atoms in total. The van der Waals surface area contributed by atoms with Crippen LogP contribution >= 0.6 is 15.9 Å². The van der Waals surface area contributed by atoms with E-state index in [1.54, 1.807) is 24.3 Å². The Bertz CT molecular complexity index is 954. The summed E-state index contributed by atoms with van der Waals surface area (Å²) in [6.07, 6.45) is 1.38. The highest BCUT2D eigenvalue weighted by Gasteiger charge is 2.12. The smallest absolute Gasteiger partial charge is 0.276 e. The molecule has 25 heavy (non-hydrogen) atoms. The van der Waals surface area contributed by atoms with Gasteiger partial charge in [0, 0.05) is 5.56 Å². The van der Waals surface area contributed by atoms with E-state index in [4.69, 9.17) is 10.5 Å². The molecule has 0 saturated carbocycles. The summed E-state index contributed by atoms with van der Waals surface area (Å²) in [6, 6.07) is 16.0. The first kappa shape index (κ1) is 16.9. The molecule has 0 aliphatic rings. The third kappa shape index (κ3) is 3.77. The van der Waals surface area contributed by atoms with Gasteiger partial charge in [-0.1, -0.05) is 30.3 Å². The molecule has 0 aliphatic heterocycles. The lowest BCUT2D eigenvalue weighted by Crippen LogP contribution is -2.20. The van der Waals surface area contributed by atoms with Crippen LogP contribution in [0, 0.1) is 0 Å². The second-order valence-corrected chi connectivity index (χ2v) is 6.02. The number of ether oxygens (including phenoxy) is 1. The number of hydrogen-bond acceptors (Lipinski definition) is 4. The Morgan fingerprint density at radius 2 is 1.80 bits per heavy atom. The molecule has 7 heteroatoms. The minimum absolute atomic E-state index is 0.221. The number of benzene rings is 2. The van der Waals surface area contributed by atoms with Crippen molar-refractivity contribution in [2.45, 2.75) is 6.61 Å². The zero-order valence-corrected chi connectivity index (χ0v) is 14.6. The van der Waals surface area contributed by atoms with Gasteiger partial charge in [-0.05, 0) is 45.8 Å². The lowest BCUT2D eigenvalue weighted by molar-refractivity contribution is 0.100. The van der Waals surface area contributed by atoms with Crippen molar-refractivity contribution in [3.63, 3.8) is 0 Å². The van der Waals surface area contributed by atoms with Crippen molar-refractivity contribution in [2.24, 2.45) is 5.73 Å². The molecule has 0 radical (unpaired) electrons. The van der Waals surface area contributed by atoms with E-state index in [2.05, 4.69) is 20.9 Å². The number of carbonyl (C=O) groups is 1. The fraction of sp³-hybridized carbons (Fsp3) is 0.0556. The van der Waals surface area contributed by atoms with Crippen molar-refractivity contribution in [2.75, 3.05) is 0 Å². The number of amides is 1. The van der Waals surface area contributed by atoms with Gasteiger partial charge in [-0.3, -0.25) is 14.2 Å². The zero-order chi connectivity index (χ0) is 17.8. The van der Waals surface area contributed by atoms with Crippen LogP contribution in [0.4, 0.5) is 0 Å². The molecule has 126 valence electrons. The van der Waals surface area contributed by atoms with Crippen LogP contribution in [0.15, 0.2) is 70.2 Å². The lowest BCUT2D eigenvalue weighted by atomic mass is 10.2. The number of hydrogen-bond donors (Lipinski definition) is 1. The molecule has 0 aliphatic carbocycles. The molecule has 1 heterocycles. The maximum atomic E-state index is 12.5. The maximum Gasteiger partial charge on any atom is 0.276 e. The second kappa shape index (κ2) is 7.31. The largest absolute Gasteiger partial charge is 0.472 e. The van der Waals surface area contributed by atoms with Crippen LogP contribution in [0.2, 0.25) is 0 Å². The summed E-state index contributed by atoms with van der Waals surface area (Å²) in [5.74, 6) is -0.304. The number of nitrogens with two attached hydrogens (primary N) is 1. The van der Waals surface area contributed by atoms with Gasteiger partial charge in [0.25, 0.3) is 5.56 Å². The SMILES string of the molecule is NC(=O)c1ccc(-n2cnc(OCc3ccccc3)c(Br)c2=O)cc1. The van der Waals surface area contributed by atoms with Crippen LogP contribution in [0.25, 0.3) is 5.69 Å². The molecular formula is C18H14BrN3O3. The van der Waals surface area contributed by atoms with E-state index in [9.17, 15) is 9.59 Å². The molecule has 2 aromatic carbocycles. The van der Waals surface area contributed by atoms with Crippen molar-refractivity contribution < 1.29 is 9.53 Å². The average molecular weight is 400 g/mol. The van der Waals surface area contributed by atoms with Gasteiger partial charge in [0.05, 0.1) is 5.69 Å². The van der Waals surface area contributed by atoms with Crippen molar-refractivity contribution in [3.05, 3.63) is 86.9 Å². The normalized spacial score (nSPS) is 10.4. The Balaban J connectivity index is 1.85. The standard InChI is InChI=1S/C18H14BrN3O3/c19-15-17(25-10-12-4-2-1-3-5-12)21-11-22(18(15)24)14-8-6-13(7-9-14)16(20)23/h1-9,11H,10H2,(H2,20,23). The Kier molecular flexibility index (Phi) is 4.95. The fourth-order valence-corrected chi connectivity index (χ4v) is 2.62. The summed E-state index contributed by atoms with van der Waals surface area (Å²) in [5, 5.41) is 0. The summed E-state index contributed by atoms with van der Waals surface area (Å²) in [6.45, 7) is 0.309. The molecule has 1 aromatic heterocycles. The Morgan fingerprint density at radius 1 is 1.12 bits per heavy atom. The summed E-state index contributed by atoms with van der Waals surface area (Å²) < 4.78 is 7.19. The number of halogens is 1. The molecule has 1 amide bonds. The van der Waals surface area contributed by atoms with E-state index in [0.717, 1.165) is 5.56 Å². The van der Waals surface area contributed by atoms with Gasteiger partial charge < -0.3 is 10.5 Å². The van der Waals surface area contributed by atoms with Crippen LogP contribution in [-0.2, 0) is 6.61 Å². The number of carbonyl (C=O) groups excluding carboxylic acids is 1. The van der Waals surface area contributed by atoms with Gasteiger partial charge in [0.2, 0.25) is 11.8 Å². The van der Waals surface area contributed by atoms with Gasteiger partial charge in [0.1, 0.15) is 17.4 Å². The summed E-state index contributed by atoms with van der Waals surface area (Å²) in [4.78, 5) is 27.8. The van der Waals surface area contributed by atoms with E-state index in [1.165, 1.54) is 10.9 Å². The molecule has 0 unspecified atom stereocenters. The predicted octanol–water partition coefficient (Wildman–Crippen LogP) is 2.67. The number of rotatable bonds is 5. The predicted molar refractivity (Wildman–Crippen MR) is 96.8 cm³/mol. The summed E-state index contributed by atoms with van der Waals surface area (Å²) in [5.41, 5.74) is 6.81. The summed E-state index contributed by atoms with van der Waals surface area (Å²) >= 11 is 3.24. The van der Waals surface area contributed by atoms with Crippen LogP contribution in [0.3, 0.4) is 0 Å². The van der Waals surface area contributed by atoms with Gasteiger partial charge in [-0.15, -0.1) is 0 Å². The number of aromatic nitrogens is 2. The highest BCUT2D eigenvalue weighted by atomic mass is 79.9. The third-order valence-corrected chi connectivity index (χ3v) is 4.21. The summed E-state index contributed by atoms with van der Waals surface area (Å²) in [7, 11) is 0. The average Bonchev–Trinajstić information content (AvgIpc) is 2.64. The number of primary amides is 1. The van der Waals surface area contributed by atoms with Gasteiger partial charge in [-0.25, -0.2) is 4.98 Å². The van der Waals surface area contributed by atoms with Gasteiger partial charge >= 0.3 is 0 Å². The van der Waals surface area contributed by atoms with Crippen LogP contribution < -0.4 is 16.0 Å². The van der Waals surface area contributed by atoms with E-state index in [1.807, 2.05) is 30.3 Å². The van der Waals surface area contributed by atoms with Gasteiger partial charge in [-0.2, -0.15) is 0 Å². The minimum Gasteiger partial charge on any atom is -0.472 e. The Hall–Kier alpha value is -2.93. The van der Waals surface area contributed by atoms with Crippen LogP contribution in [0.5, 0.6) is 5.88 Å². The molecule has 3 rings (SSSR count). The van der Waals surface area contributed by atoms with Gasteiger partial charge in [0.15, 0.2) is 0 Å². The first-order valence-electron chi connectivity index (χ1n) is 7.40. The van der Waals surface area contributed by atoms with E-state index in [0.29, 0.717) is 17.9 Å². The van der Waals surface area contributed by atoms with Crippen molar-refractivity contribution in [1.82, 2.24) is 9.55 Å². The zero-order valence-electron chi connectivity index (χ0n) is 13.1. The molecule has 0 fully saturated rings. The molecule has 3 aromatic rings. The van der Waals surface area contributed by atoms with Crippen molar-refractivity contribution in [3.8, 4) is 11.6 Å². The van der Waals surface area contributed by atoms with E-state index >= 15 is 0 Å². The van der Waals surface area contributed by atoms with Crippen molar-refractivity contribution >= 4 is 21.8 Å².